The van der Waals surface area contributed by atoms with Gasteiger partial charge in [0.25, 0.3) is 0 Å². The third-order valence-corrected chi connectivity index (χ3v) is 11.5. The predicted molar refractivity (Wildman–Crippen MR) is 230 cm³/mol. The van der Waals surface area contributed by atoms with Crippen LogP contribution in [0.2, 0.25) is 0 Å². The molecule has 14 heteroatoms. The zero-order chi connectivity index (χ0) is 43.1. The summed E-state index contributed by atoms with van der Waals surface area (Å²) in [4.78, 5) is 68.0. The highest BCUT2D eigenvalue weighted by atomic mass is 32.1. The molecule has 0 spiro atoms. The summed E-state index contributed by atoms with van der Waals surface area (Å²) in [6.07, 6.45) is -0.0537. The quantitative estimate of drug-likeness (QED) is 0.101. The summed E-state index contributed by atoms with van der Waals surface area (Å²) >= 11 is 1.53. The molecule has 0 aliphatic carbocycles. The van der Waals surface area contributed by atoms with Crippen LogP contribution in [0.4, 0.5) is 9.59 Å². The molecule has 1 aliphatic rings. The molecule has 0 bridgehead atoms. The van der Waals surface area contributed by atoms with Crippen molar-refractivity contribution < 1.29 is 29.4 Å². The van der Waals surface area contributed by atoms with Gasteiger partial charge >= 0.3 is 12.1 Å². The van der Waals surface area contributed by atoms with Gasteiger partial charge in [-0.15, -0.1) is 11.3 Å². The predicted octanol–water partition coefficient (Wildman–Crippen LogP) is 6.40. The second-order valence-electron chi connectivity index (χ2n) is 17.6. The van der Waals surface area contributed by atoms with Crippen LogP contribution in [0.15, 0.2) is 84.4 Å². The lowest BCUT2D eigenvalue weighted by molar-refractivity contribution is -0.131. The number of amides is 5. The van der Waals surface area contributed by atoms with Gasteiger partial charge in [0.15, 0.2) is 0 Å². The zero-order valence-electron chi connectivity index (χ0n) is 35.4. The maximum atomic E-state index is 14.6. The standard InChI is InChI=1S/C45H59N7O6S/c1-29-47-34(28-59-29)27-51-22-23-52(42(51)56)39(45(5,6)7)41(55)49-36(25-30-14-10-9-11-15-30)37(53)26-33(48-40(54)38(44(2,3)4)50(8)43(57)58)24-31-17-19-32(20-18-31)35-16-12-13-21-46-35/h9-21,28,33,36-39,53H,22-27H2,1-8H3,(H,48,54)(H,49,55)(H,57,58)/t33-,36-,37-,38+,39+/m0/s1. The van der Waals surface area contributed by atoms with E-state index in [0.717, 1.165) is 38.0 Å². The summed E-state index contributed by atoms with van der Waals surface area (Å²) in [5.74, 6) is -0.884. The number of aliphatic hydroxyl groups excluding tert-OH is 1. The van der Waals surface area contributed by atoms with Gasteiger partial charge in [-0.25, -0.2) is 14.6 Å². The molecule has 59 heavy (non-hydrogen) atoms. The highest BCUT2D eigenvalue weighted by Crippen LogP contribution is 2.30. The number of rotatable bonds is 16. The number of pyridine rings is 1. The number of urea groups is 1. The highest BCUT2D eigenvalue weighted by Gasteiger charge is 2.45. The lowest BCUT2D eigenvalue weighted by Gasteiger charge is -2.38. The Morgan fingerprint density at radius 2 is 1.53 bits per heavy atom. The van der Waals surface area contributed by atoms with Crippen molar-refractivity contribution in [3.05, 3.63) is 106 Å². The Morgan fingerprint density at radius 1 is 0.864 bits per heavy atom. The van der Waals surface area contributed by atoms with Crippen LogP contribution in [0.3, 0.4) is 0 Å². The van der Waals surface area contributed by atoms with Crippen molar-refractivity contribution in [2.75, 3.05) is 20.1 Å². The van der Waals surface area contributed by atoms with Gasteiger partial charge in [-0.05, 0) is 60.3 Å². The van der Waals surface area contributed by atoms with Crippen LogP contribution in [0.5, 0.6) is 0 Å². The van der Waals surface area contributed by atoms with E-state index in [1.54, 1.807) is 36.8 Å². The van der Waals surface area contributed by atoms with E-state index in [1.165, 1.54) is 18.4 Å². The molecule has 0 unspecified atom stereocenters. The van der Waals surface area contributed by atoms with Gasteiger partial charge < -0.3 is 30.6 Å². The number of benzene rings is 2. The van der Waals surface area contributed by atoms with Crippen molar-refractivity contribution in [1.29, 1.82) is 0 Å². The van der Waals surface area contributed by atoms with Crippen molar-refractivity contribution in [3.63, 3.8) is 0 Å². The molecule has 5 amide bonds. The average Bonchev–Trinajstić information content (AvgIpc) is 3.74. The molecular formula is C45H59N7O6S. The maximum absolute atomic E-state index is 14.6. The summed E-state index contributed by atoms with van der Waals surface area (Å²) < 4.78 is 0. The Labute approximate surface area is 351 Å². The fourth-order valence-electron chi connectivity index (χ4n) is 7.90. The van der Waals surface area contributed by atoms with Gasteiger partial charge in [-0.1, -0.05) is 102 Å². The number of thiazole rings is 1. The minimum atomic E-state index is -1.24. The van der Waals surface area contributed by atoms with Crippen molar-refractivity contribution in [3.8, 4) is 11.3 Å². The first-order valence-electron chi connectivity index (χ1n) is 20.1. The Morgan fingerprint density at radius 3 is 2.10 bits per heavy atom. The first kappa shape index (κ1) is 44.8. The number of aryl methyl sites for hydroxylation is 1. The van der Waals surface area contributed by atoms with E-state index in [9.17, 15) is 29.4 Å². The first-order valence-corrected chi connectivity index (χ1v) is 20.9. The number of carbonyl (C=O) groups is 4. The number of aromatic nitrogens is 2. The monoisotopic (exact) mass is 825 g/mol. The molecule has 2 aromatic carbocycles. The molecule has 4 aromatic rings. The molecule has 0 radical (unpaired) electrons. The van der Waals surface area contributed by atoms with Crippen molar-refractivity contribution in [2.45, 2.75) is 105 Å². The van der Waals surface area contributed by atoms with Gasteiger partial charge in [-0.3, -0.25) is 19.5 Å². The minimum Gasteiger partial charge on any atom is -0.465 e. The molecule has 4 N–H and O–H groups in total. The SMILES string of the molecule is Cc1nc(CN2CCN([C@H](C(=O)N[C@@H](Cc3ccccc3)[C@@H](O)C[C@H](Cc3ccc(-c4ccccn4)cc3)NC(=O)[C@@H](N(C)C(=O)O)C(C)(C)C)C(C)(C)C)C2=O)cs1. The molecule has 1 fully saturated rings. The Kier molecular flexibility index (Phi) is 14.5. The molecule has 1 aliphatic heterocycles. The minimum absolute atomic E-state index is 0.0306. The van der Waals surface area contributed by atoms with E-state index in [2.05, 4.69) is 20.6 Å². The van der Waals surface area contributed by atoms with Gasteiger partial charge in [-0.2, -0.15) is 0 Å². The molecule has 2 aromatic heterocycles. The number of hydrogen-bond donors (Lipinski definition) is 4. The zero-order valence-corrected chi connectivity index (χ0v) is 36.2. The fraction of sp³-hybridized carbons (Fsp3) is 0.467. The Hall–Kier alpha value is -5.34. The molecule has 0 saturated carbocycles. The number of carboxylic acid groups (broad SMARTS) is 1. The summed E-state index contributed by atoms with van der Waals surface area (Å²) in [5.41, 5.74) is 2.89. The smallest absolute Gasteiger partial charge is 0.407 e. The molecule has 13 nitrogen and oxygen atoms in total. The molecule has 316 valence electrons. The molecule has 3 heterocycles. The van der Waals surface area contributed by atoms with Crippen LogP contribution in [-0.2, 0) is 29.0 Å². The number of likely N-dealkylation sites (N-methyl/N-ethyl adjacent to an activating group) is 1. The summed E-state index contributed by atoms with van der Waals surface area (Å²) in [7, 11) is 1.37. The van der Waals surface area contributed by atoms with E-state index < -0.39 is 59.0 Å². The second-order valence-corrected chi connectivity index (χ2v) is 18.7. The lowest BCUT2D eigenvalue weighted by atomic mass is 9.84. The van der Waals surface area contributed by atoms with E-state index in [0.29, 0.717) is 26.1 Å². The topological polar surface area (TPSA) is 168 Å². The van der Waals surface area contributed by atoms with Crippen LogP contribution in [0.25, 0.3) is 11.3 Å². The van der Waals surface area contributed by atoms with Gasteiger partial charge in [0.05, 0.1) is 35.1 Å². The largest absolute Gasteiger partial charge is 0.465 e. The van der Waals surface area contributed by atoms with Gasteiger partial charge in [0.2, 0.25) is 11.8 Å². The van der Waals surface area contributed by atoms with Crippen LogP contribution in [0.1, 0.15) is 69.8 Å². The van der Waals surface area contributed by atoms with E-state index >= 15 is 0 Å². The van der Waals surface area contributed by atoms with E-state index in [1.807, 2.05) is 106 Å². The van der Waals surface area contributed by atoms with Crippen molar-refractivity contribution >= 4 is 35.3 Å². The summed E-state index contributed by atoms with van der Waals surface area (Å²) in [6, 6.07) is 19.4. The van der Waals surface area contributed by atoms with E-state index in [4.69, 9.17) is 0 Å². The summed E-state index contributed by atoms with van der Waals surface area (Å²) in [6.45, 7) is 14.3. The second kappa shape index (κ2) is 19.2. The molecular weight excluding hydrogens is 767 g/mol. The van der Waals surface area contributed by atoms with Crippen LogP contribution < -0.4 is 10.6 Å². The fourth-order valence-corrected chi connectivity index (χ4v) is 8.50. The Bertz CT molecular complexity index is 2030. The molecule has 5 atom stereocenters. The maximum Gasteiger partial charge on any atom is 0.407 e. The Balaban J connectivity index is 1.42. The summed E-state index contributed by atoms with van der Waals surface area (Å²) in [5, 5.41) is 31.2. The number of carbonyl (C=O) groups excluding carboxylic acids is 3. The van der Waals surface area contributed by atoms with Crippen LogP contribution in [0, 0.1) is 17.8 Å². The highest BCUT2D eigenvalue weighted by molar-refractivity contribution is 7.09. The number of hydrogen-bond acceptors (Lipinski definition) is 8. The number of nitrogens with zero attached hydrogens (tertiary/aromatic N) is 5. The van der Waals surface area contributed by atoms with Crippen molar-refractivity contribution in [1.82, 2.24) is 35.3 Å². The number of aliphatic hydroxyl groups is 1. The average molecular weight is 826 g/mol. The van der Waals surface area contributed by atoms with Crippen molar-refractivity contribution in [2.24, 2.45) is 10.8 Å². The third kappa shape index (κ3) is 11.9. The molecule has 1 saturated heterocycles. The van der Waals surface area contributed by atoms with E-state index in [-0.39, 0.29) is 18.9 Å². The lowest BCUT2D eigenvalue weighted by Crippen LogP contribution is -2.59. The van der Waals surface area contributed by atoms with Gasteiger partial charge in [0.1, 0.15) is 12.1 Å². The van der Waals surface area contributed by atoms with Crippen LogP contribution >= 0.6 is 11.3 Å². The molecule has 5 rings (SSSR count). The normalized spacial score (nSPS) is 15.9. The third-order valence-electron chi connectivity index (χ3n) is 10.6. The van der Waals surface area contributed by atoms with Crippen LogP contribution in [-0.4, -0.2) is 109 Å². The number of nitrogens with one attached hydrogen (secondary N) is 2. The first-order chi connectivity index (χ1) is 27.8. The van der Waals surface area contributed by atoms with Gasteiger partial charge in [0, 0.05) is 43.3 Å².